The number of hydrogen-bond donors (Lipinski definition) is 0. The van der Waals surface area contributed by atoms with Crippen molar-refractivity contribution >= 4 is 5.52 Å². The third-order valence-electron chi connectivity index (χ3n) is 6.18. The van der Waals surface area contributed by atoms with Crippen molar-refractivity contribution in [3.8, 4) is 11.3 Å². The van der Waals surface area contributed by atoms with Crippen LogP contribution in [-0.4, -0.2) is 42.3 Å². The first kappa shape index (κ1) is 20.6. The number of aryl methyl sites for hydroxylation is 1. The molecule has 8 nitrogen and oxygen atoms in total. The largest absolute Gasteiger partial charge is 0.338 e. The zero-order valence-electron chi connectivity index (χ0n) is 18.6. The van der Waals surface area contributed by atoms with E-state index in [0.717, 1.165) is 30.8 Å². The normalized spacial score (nSPS) is 17.2. The lowest BCUT2D eigenvalue weighted by molar-refractivity contribution is 0.157. The monoisotopic (exact) mass is 432 g/mol. The molecule has 0 spiro atoms. The van der Waals surface area contributed by atoms with Crippen LogP contribution in [0.15, 0.2) is 52.0 Å². The van der Waals surface area contributed by atoms with Crippen molar-refractivity contribution in [2.45, 2.75) is 46.2 Å². The number of nitrogens with zero attached hydrogens (tertiary/aromatic N) is 6. The molecule has 4 heterocycles. The van der Waals surface area contributed by atoms with Gasteiger partial charge in [0, 0.05) is 24.5 Å². The summed E-state index contributed by atoms with van der Waals surface area (Å²) in [6.45, 7) is 7.44. The Bertz CT molecular complexity index is 1270. The molecule has 0 amide bonds. The highest BCUT2D eigenvalue weighted by Crippen LogP contribution is 2.20. The number of likely N-dealkylation sites (tertiary alicyclic amines) is 1. The molecule has 0 bridgehead atoms. The van der Waals surface area contributed by atoms with E-state index in [-0.39, 0.29) is 12.1 Å². The minimum absolute atomic E-state index is 0.132. The summed E-state index contributed by atoms with van der Waals surface area (Å²) < 4.78 is 8.67. The number of piperidine rings is 1. The van der Waals surface area contributed by atoms with Gasteiger partial charge in [0.2, 0.25) is 5.89 Å². The molecular weight excluding hydrogens is 404 g/mol. The van der Waals surface area contributed by atoms with Gasteiger partial charge in [0.1, 0.15) is 5.52 Å². The molecule has 1 atom stereocenters. The molecule has 1 fully saturated rings. The average Bonchev–Trinajstić information content (AvgIpc) is 3.43. The molecule has 0 unspecified atom stereocenters. The molecule has 8 heteroatoms. The van der Waals surface area contributed by atoms with E-state index in [1.807, 2.05) is 18.2 Å². The fourth-order valence-corrected chi connectivity index (χ4v) is 4.40. The Labute approximate surface area is 186 Å². The van der Waals surface area contributed by atoms with Gasteiger partial charge in [-0.1, -0.05) is 43.3 Å². The first-order valence-corrected chi connectivity index (χ1v) is 11.3. The van der Waals surface area contributed by atoms with E-state index in [4.69, 9.17) is 4.52 Å². The zero-order valence-corrected chi connectivity index (χ0v) is 18.6. The summed E-state index contributed by atoms with van der Waals surface area (Å²) >= 11 is 0. The van der Waals surface area contributed by atoms with Gasteiger partial charge in [-0.25, -0.2) is 4.52 Å². The minimum atomic E-state index is -0.132. The molecule has 166 valence electrons. The molecule has 32 heavy (non-hydrogen) atoms. The van der Waals surface area contributed by atoms with Gasteiger partial charge in [0.15, 0.2) is 5.82 Å². The maximum atomic E-state index is 13.0. The third kappa shape index (κ3) is 4.23. The van der Waals surface area contributed by atoms with Crippen LogP contribution in [0.2, 0.25) is 0 Å². The summed E-state index contributed by atoms with van der Waals surface area (Å²) in [5.41, 5.74) is 3.43. The van der Waals surface area contributed by atoms with Crippen LogP contribution < -0.4 is 5.56 Å². The van der Waals surface area contributed by atoms with Crippen LogP contribution in [0.1, 0.15) is 44.0 Å². The molecule has 0 N–H and O–H groups in total. The van der Waals surface area contributed by atoms with Crippen LogP contribution in [0, 0.1) is 5.92 Å². The van der Waals surface area contributed by atoms with Gasteiger partial charge >= 0.3 is 0 Å². The topological polar surface area (TPSA) is 81.5 Å². The molecule has 0 radical (unpaired) electrons. The lowest BCUT2D eigenvalue weighted by atomic mass is 10.0. The summed E-state index contributed by atoms with van der Waals surface area (Å²) in [5, 5.41) is 8.66. The van der Waals surface area contributed by atoms with Gasteiger partial charge in [-0.3, -0.25) is 9.69 Å². The molecule has 5 rings (SSSR count). The van der Waals surface area contributed by atoms with Crippen LogP contribution in [0.5, 0.6) is 0 Å². The first-order valence-electron chi connectivity index (χ1n) is 11.3. The fourth-order valence-electron chi connectivity index (χ4n) is 4.40. The first-order chi connectivity index (χ1) is 15.6. The molecule has 1 saturated heterocycles. The van der Waals surface area contributed by atoms with Crippen LogP contribution in [-0.2, 0) is 19.5 Å². The Kier molecular flexibility index (Phi) is 5.61. The van der Waals surface area contributed by atoms with Crippen molar-refractivity contribution in [1.82, 2.24) is 29.2 Å². The number of rotatable bonds is 6. The number of fused-ring (bicyclic) bond motifs is 1. The fraction of sp³-hybridized carbons (Fsp3) is 0.417. The Balaban J connectivity index is 1.34. The highest BCUT2D eigenvalue weighted by atomic mass is 16.5. The van der Waals surface area contributed by atoms with E-state index in [0.29, 0.717) is 29.7 Å². The quantitative estimate of drug-likeness (QED) is 0.465. The molecular formula is C24H28N6O2. The van der Waals surface area contributed by atoms with Crippen molar-refractivity contribution in [2.75, 3.05) is 13.1 Å². The third-order valence-corrected chi connectivity index (χ3v) is 6.18. The average molecular weight is 433 g/mol. The van der Waals surface area contributed by atoms with Crippen molar-refractivity contribution in [2.24, 2.45) is 5.92 Å². The van der Waals surface area contributed by atoms with Crippen molar-refractivity contribution < 1.29 is 4.52 Å². The smallest absolute Gasteiger partial charge is 0.277 e. The highest BCUT2D eigenvalue weighted by Gasteiger charge is 2.19. The lowest BCUT2D eigenvalue weighted by Gasteiger charge is -2.29. The van der Waals surface area contributed by atoms with Crippen LogP contribution in [0.3, 0.4) is 0 Å². The SMILES string of the molecule is CCc1ccc(-c2cc3c(=O)n(Cc4noc(CN5CCC[C@@H](C)C5)n4)ccn3n2)cc1. The maximum Gasteiger partial charge on any atom is 0.277 e. The van der Waals surface area contributed by atoms with Gasteiger partial charge in [0.05, 0.1) is 18.8 Å². The summed E-state index contributed by atoms with van der Waals surface area (Å²) in [7, 11) is 0. The Morgan fingerprint density at radius 1 is 1.16 bits per heavy atom. The zero-order chi connectivity index (χ0) is 22.1. The molecule has 1 aliphatic heterocycles. The minimum Gasteiger partial charge on any atom is -0.338 e. The second-order valence-electron chi connectivity index (χ2n) is 8.73. The summed E-state index contributed by atoms with van der Waals surface area (Å²) in [5.74, 6) is 1.80. The van der Waals surface area contributed by atoms with Gasteiger partial charge < -0.3 is 9.09 Å². The van der Waals surface area contributed by atoms with Crippen molar-refractivity contribution in [3.63, 3.8) is 0 Å². The predicted octanol–water partition coefficient (Wildman–Crippen LogP) is 3.39. The number of aromatic nitrogens is 5. The Morgan fingerprint density at radius 3 is 2.78 bits per heavy atom. The number of benzene rings is 1. The van der Waals surface area contributed by atoms with E-state index >= 15 is 0 Å². The summed E-state index contributed by atoms with van der Waals surface area (Å²) in [4.78, 5) is 19.9. The van der Waals surface area contributed by atoms with Gasteiger partial charge in [-0.05, 0) is 43.4 Å². The molecule has 0 saturated carbocycles. The summed E-state index contributed by atoms with van der Waals surface area (Å²) in [6.07, 6.45) is 6.97. The molecule has 1 aliphatic rings. The Morgan fingerprint density at radius 2 is 2.00 bits per heavy atom. The Hall–Kier alpha value is -3.26. The second-order valence-corrected chi connectivity index (χ2v) is 8.73. The highest BCUT2D eigenvalue weighted by molar-refractivity contribution is 5.65. The standard InChI is InChI=1S/C24H28N6O2/c1-3-18-6-8-19(9-7-18)20-13-21-24(31)29(11-12-30(21)26-20)15-22-25-23(32-27-22)16-28-10-4-5-17(2)14-28/h6-9,11-13,17H,3-5,10,14-16H2,1-2H3/t17-/m1/s1. The predicted molar refractivity (Wildman–Crippen MR) is 121 cm³/mol. The van der Waals surface area contributed by atoms with Crippen LogP contribution >= 0.6 is 0 Å². The summed E-state index contributed by atoms with van der Waals surface area (Å²) in [6, 6.07) is 10.1. The van der Waals surface area contributed by atoms with Crippen LogP contribution in [0.25, 0.3) is 16.8 Å². The van der Waals surface area contributed by atoms with E-state index in [1.54, 1.807) is 21.5 Å². The van der Waals surface area contributed by atoms with Crippen molar-refractivity contribution in [1.29, 1.82) is 0 Å². The molecule has 1 aromatic carbocycles. The van der Waals surface area contributed by atoms with Gasteiger partial charge in [-0.2, -0.15) is 10.1 Å². The van der Waals surface area contributed by atoms with E-state index in [2.05, 4.69) is 46.1 Å². The second kappa shape index (κ2) is 8.70. The molecule has 4 aromatic rings. The van der Waals surface area contributed by atoms with E-state index < -0.39 is 0 Å². The van der Waals surface area contributed by atoms with Gasteiger partial charge in [-0.15, -0.1) is 0 Å². The van der Waals surface area contributed by atoms with Gasteiger partial charge in [0.25, 0.3) is 5.56 Å². The van der Waals surface area contributed by atoms with Crippen LogP contribution in [0.4, 0.5) is 0 Å². The molecule has 3 aromatic heterocycles. The van der Waals surface area contributed by atoms with Crippen molar-refractivity contribution in [3.05, 3.63) is 70.4 Å². The molecule has 0 aliphatic carbocycles. The number of hydrogen-bond acceptors (Lipinski definition) is 6. The van der Waals surface area contributed by atoms with E-state index in [9.17, 15) is 4.79 Å². The lowest BCUT2D eigenvalue weighted by Crippen LogP contribution is -2.33. The maximum absolute atomic E-state index is 13.0. The van der Waals surface area contributed by atoms with E-state index in [1.165, 1.54) is 18.4 Å².